The smallest absolute Gasteiger partial charge is 0.338 e. The molecule has 0 saturated carbocycles. The summed E-state index contributed by atoms with van der Waals surface area (Å²) in [6.45, 7) is 6.34. The van der Waals surface area contributed by atoms with Crippen molar-refractivity contribution in [3.05, 3.63) is 59.4 Å². The first-order valence-electron chi connectivity index (χ1n) is 12.6. The number of nitrogens with zero attached hydrogens (tertiary/aromatic N) is 3. The highest BCUT2D eigenvalue weighted by atomic mass is 32.2. The van der Waals surface area contributed by atoms with E-state index in [0.717, 1.165) is 6.42 Å². The molecular weight excluding hydrogens is 522 g/mol. The lowest BCUT2D eigenvalue weighted by Gasteiger charge is -2.21. The highest BCUT2D eigenvalue weighted by molar-refractivity contribution is 7.99. The molecule has 39 heavy (non-hydrogen) atoms. The Kier molecular flexibility index (Phi) is 9.07. The maximum atomic E-state index is 13.0. The maximum absolute atomic E-state index is 13.0. The van der Waals surface area contributed by atoms with E-state index in [-0.39, 0.29) is 30.3 Å². The number of rotatable bonds is 11. The van der Waals surface area contributed by atoms with Crippen LogP contribution in [0, 0.1) is 5.92 Å². The van der Waals surface area contributed by atoms with E-state index >= 15 is 0 Å². The van der Waals surface area contributed by atoms with Gasteiger partial charge in [0, 0.05) is 18.3 Å². The van der Waals surface area contributed by atoms with Crippen LogP contribution in [0.3, 0.4) is 0 Å². The van der Waals surface area contributed by atoms with E-state index in [1.165, 1.54) is 11.8 Å². The van der Waals surface area contributed by atoms with Crippen molar-refractivity contribution in [2.45, 2.75) is 38.4 Å². The third kappa shape index (κ3) is 6.88. The molecule has 4 rings (SSSR count). The van der Waals surface area contributed by atoms with Gasteiger partial charge in [0.1, 0.15) is 0 Å². The molecule has 1 aliphatic heterocycles. The number of carbonyl (C=O) groups excluding carboxylic acids is 3. The second-order valence-corrected chi connectivity index (χ2v) is 10.2. The van der Waals surface area contributed by atoms with Gasteiger partial charge in [-0.25, -0.2) is 4.79 Å². The van der Waals surface area contributed by atoms with Crippen LogP contribution in [0.4, 0.5) is 5.69 Å². The molecule has 0 radical (unpaired) electrons. The molecule has 1 aliphatic rings. The first kappa shape index (κ1) is 28.0. The number of anilines is 1. The van der Waals surface area contributed by atoms with Crippen molar-refractivity contribution >= 4 is 35.2 Å². The zero-order valence-corrected chi connectivity index (χ0v) is 23.0. The molecule has 1 aromatic heterocycles. The zero-order chi connectivity index (χ0) is 27.9. The molecule has 0 fully saturated rings. The number of hydrogen-bond donors (Lipinski definition) is 2. The van der Waals surface area contributed by atoms with E-state index in [0.29, 0.717) is 45.9 Å². The van der Waals surface area contributed by atoms with Gasteiger partial charge in [-0.1, -0.05) is 38.6 Å². The third-order valence-corrected chi connectivity index (χ3v) is 6.91. The predicted molar refractivity (Wildman–Crippen MR) is 145 cm³/mol. The van der Waals surface area contributed by atoms with Gasteiger partial charge in [-0.3, -0.25) is 9.59 Å². The summed E-state index contributed by atoms with van der Waals surface area (Å²) >= 11 is 1.22. The second kappa shape index (κ2) is 12.7. The van der Waals surface area contributed by atoms with Gasteiger partial charge in [-0.2, -0.15) is 0 Å². The van der Waals surface area contributed by atoms with E-state index in [1.54, 1.807) is 54.1 Å². The fraction of sp³-hybridized carbons (Fsp3) is 0.370. The fourth-order valence-electron chi connectivity index (χ4n) is 3.84. The van der Waals surface area contributed by atoms with Gasteiger partial charge in [0.05, 0.1) is 24.0 Å². The molecule has 3 aromatic rings. The van der Waals surface area contributed by atoms with Crippen LogP contribution in [0.15, 0.2) is 47.6 Å². The monoisotopic (exact) mass is 553 g/mol. The maximum Gasteiger partial charge on any atom is 0.338 e. The van der Waals surface area contributed by atoms with Crippen molar-refractivity contribution in [1.29, 1.82) is 0 Å². The number of fused-ring (bicyclic) bond motifs is 1. The molecule has 0 spiro atoms. The predicted octanol–water partition coefficient (Wildman–Crippen LogP) is 3.97. The minimum atomic E-state index is -0.431. The van der Waals surface area contributed by atoms with Crippen molar-refractivity contribution in [1.82, 2.24) is 20.1 Å². The van der Waals surface area contributed by atoms with Crippen molar-refractivity contribution in [2.75, 3.05) is 24.5 Å². The Morgan fingerprint density at radius 3 is 2.64 bits per heavy atom. The second-order valence-electron chi connectivity index (χ2n) is 9.22. The van der Waals surface area contributed by atoms with Crippen LogP contribution >= 0.6 is 11.8 Å². The van der Waals surface area contributed by atoms with Gasteiger partial charge in [0.2, 0.25) is 12.7 Å². The van der Waals surface area contributed by atoms with Crippen molar-refractivity contribution in [3.8, 4) is 11.5 Å². The molecule has 11 nitrogen and oxygen atoms in total. The molecule has 2 heterocycles. The number of aromatic nitrogens is 3. The first-order valence-corrected chi connectivity index (χ1v) is 13.5. The number of thioether (sulfide) groups is 1. The molecular formula is C27H31N5O6S. The number of benzene rings is 2. The Bertz CT molecular complexity index is 1360. The van der Waals surface area contributed by atoms with Crippen LogP contribution in [0.2, 0.25) is 0 Å². The van der Waals surface area contributed by atoms with Gasteiger partial charge in [0.25, 0.3) is 5.91 Å². The Morgan fingerprint density at radius 2 is 1.87 bits per heavy atom. The average Bonchev–Trinajstić information content (AvgIpc) is 3.54. The molecule has 2 aromatic carbocycles. The number of carbonyl (C=O) groups is 3. The number of nitrogens with one attached hydrogen (secondary N) is 2. The molecule has 0 saturated heterocycles. The molecule has 12 heteroatoms. The summed E-state index contributed by atoms with van der Waals surface area (Å²) in [5.41, 5.74) is 1.31. The van der Waals surface area contributed by atoms with Gasteiger partial charge in [-0.15, -0.1) is 10.2 Å². The largest absolute Gasteiger partial charge is 0.462 e. The zero-order valence-electron chi connectivity index (χ0n) is 22.2. The minimum absolute atomic E-state index is 0.0169. The van der Waals surface area contributed by atoms with Crippen molar-refractivity contribution in [2.24, 2.45) is 13.0 Å². The van der Waals surface area contributed by atoms with Crippen LogP contribution in [-0.2, 0) is 16.6 Å². The summed E-state index contributed by atoms with van der Waals surface area (Å²) in [6, 6.07) is 11.2. The Labute approximate surface area is 230 Å². The third-order valence-electron chi connectivity index (χ3n) is 5.89. The normalized spacial score (nSPS) is 12.7. The van der Waals surface area contributed by atoms with E-state index in [1.807, 2.05) is 20.8 Å². The van der Waals surface area contributed by atoms with Crippen LogP contribution in [0.5, 0.6) is 11.5 Å². The van der Waals surface area contributed by atoms with E-state index < -0.39 is 12.0 Å². The quantitative estimate of drug-likeness (QED) is 0.267. The summed E-state index contributed by atoms with van der Waals surface area (Å²) < 4.78 is 17.6. The molecule has 2 N–H and O–H groups in total. The first-order chi connectivity index (χ1) is 18.8. The van der Waals surface area contributed by atoms with E-state index in [9.17, 15) is 14.4 Å². The Balaban J connectivity index is 1.37. The molecule has 0 aliphatic carbocycles. The number of esters is 1. The summed E-state index contributed by atoms with van der Waals surface area (Å²) in [7, 11) is 1.79. The van der Waals surface area contributed by atoms with Crippen LogP contribution in [0.25, 0.3) is 0 Å². The molecule has 2 amide bonds. The lowest BCUT2D eigenvalue weighted by atomic mass is 10.0. The number of hydrogen-bond acceptors (Lipinski definition) is 9. The summed E-state index contributed by atoms with van der Waals surface area (Å²) in [4.78, 5) is 37.7. The summed E-state index contributed by atoms with van der Waals surface area (Å²) in [5, 5.41) is 14.9. The molecule has 0 bridgehead atoms. The lowest BCUT2D eigenvalue weighted by molar-refractivity contribution is -0.113. The van der Waals surface area contributed by atoms with Crippen LogP contribution < -0.4 is 20.1 Å². The average molecular weight is 554 g/mol. The number of amides is 2. The topological polar surface area (TPSA) is 134 Å². The standard InChI is InChI=1S/C27H31N5O6S/c1-5-11-36-26(35)18-7-6-8-19(12-18)28-22(33)14-39-27-31-30-24(32(27)4)23(16(2)3)29-25(34)17-9-10-20-21(13-17)38-15-37-20/h6-10,12-13,16,23H,5,11,14-15H2,1-4H3,(H,28,33)(H,29,34). The summed E-state index contributed by atoms with van der Waals surface area (Å²) in [5.74, 6) is 0.829. The minimum Gasteiger partial charge on any atom is -0.462 e. The van der Waals surface area contributed by atoms with Gasteiger partial charge < -0.3 is 29.4 Å². The highest BCUT2D eigenvalue weighted by Gasteiger charge is 2.26. The Hall–Kier alpha value is -4.06. The van der Waals surface area contributed by atoms with Gasteiger partial charge in [-0.05, 0) is 48.7 Å². The van der Waals surface area contributed by atoms with E-state index in [2.05, 4.69) is 20.8 Å². The highest BCUT2D eigenvalue weighted by Crippen LogP contribution is 2.33. The lowest BCUT2D eigenvalue weighted by Crippen LogP contribution is -2.33. The van der Waals surface area contributed by atoms with Gasteiger partial charge in [0.15, 0.2) is 22.5 Å². The molecule has 1 unspecified atom stereocenters. The van der Waals surface area contributed by atoms with Crippen molar-refractivity contribution < 1.29 is 28.6 Å². The van der Waals surface area contributed by atoms with Gasteiger partial charge >= 0.3 is 5.97 Å². The SMILES string of the molecule is CCCOC(=O)c1cccc(NC(=O)CSc2nnc(C(NC(=O)c3ccc4c(c3)OCO4)C(C)C)n2C)c1. The summed E-state index contributed by atoms with van der Waals surface area (Å²) in [6.07, 6.45) is 0.729. The fourth-order valence-corrected chi connectivity index (χ4v) is 4.56. The molecule has 206 valence electrons. The Morgan fingerprint density at radius 1 is 1.08 bits per heavy atom. The number of ether oxygens (including phenoxy) is 3. The van der Waals surface area contributed by atoms with E-state index in [4.69, 9.17) is 14.2 Å². The van der Waals surface area contributed by atoms with Crippen LogP contribution in [0.1, 0.15) is 59.8 Å². The van der Waals surface area contributed by atoms with Crippen LogP contribution in [-0.4, -0.2) is 51.7 Å². The molecule has 1 atom stereocenters. The van der Waals surface area contributed by atoms with Crippen molar-refractivity contribution in [3.63, 3.8) is 0 Å².